The topological polar surface area (TPSA) is 71.2 Å². The Morgan fingerprint density at radius 2 is 2.08 bits per heavy atom. The van der Waals surface area contributed by atoms with E-state index in [9.17, 15) is 18.0 Å². The molecule has 24 heavy (non-hydrogen) atoms. The molecule has 1 amide bonds. The number of carbonyl (C=O) groups excluding carboxylic acids is 1. The zero-order valence-electron chi connectivity index (χ0n) is 13.1. The molecule has 0 aliphatic rings. The SMILES string of the molecule is CN(C)c1ccc(C(F)(F)F)cc1NC(=O)c1csc(CCN)n1. The van der Waals surface area contributed by atoms with Crippen molar-refractivity contribution >= 4 is 28.6 Å². The number of nitrogens with zero attached hydrogens (tertiary/aromatic N) is 2. The molecule has 0 aliphatic heterocycles. The second kappa shape index (κ2) is 7.18. The number of amides is 1. The van der Waals surface area contributed by atoms with E-state index in [1.165, 1.54) is 17.4 Å². The standard InChI is InChI=1S/C15H17F3N4OS/c1-22(2)12-4-3-9(15(16,17)18)7-10(12)21-14(23)11-8-24-13(20-11)5-6-19/h3-4,7-8H,5-6,19H2,1-2H3,(H,21,23). The Balaban J connectivity index is 2.30. The second-order valence-corrected chi connectivity index (χ2v) is 6.19. The van der Waals surface area contributed by atoms with E-state index in [0.717, 1.165) is 12.1 Å². The Kier molecular flexibility index (Phi) is 5.45. The number of hydrogen-bond acceptors (Lipinski definition) is 5. The summed E-state index contributed by atoms with van der Waals surface area (Å²) in [6, 6.07) is 3.22. The van der Waals surface area contributed by atoms with Crippen LogP contribution in [0.25, 0.3) is 0 Å². The molecule has 1 heterocycles. The molecule has 3 N–H and O–H groups in total. The minimum atomic E-state index is -4.49. The Morgan fingerprint density at radius 3 is 2.67 bits per heavy atom. The molecule has 0 fully saturated rings. The van der Waals surface area contributed by atoms with Crippen molar-refractivity contribution in [3.05, 3.63) is 39.8 Å². The van der Waals surface area contributed by atoms with Gasteiger partial charge in [-0.05, 0) is 24.7 Å². The molecule has 9 heteroatoms. The molecule has 5 nitrogen and oxygen atoms in total. The Labute approximate surface area is 141 Å². The molecule has 1 aromatic carbocycles. The fourth-order valence-corrected chi connectivity index (χ4v) is 2.84. The van der Waals surface area contributed by atoms with Crippen molar-refractivity contribution in [2.75, 3.05) is 30.9 Å². The molecular formula is C15H17F3N4OS. The van der Waals surface area contributed by atoms with Gasteiger partial charge in [0, 0.05) is 25.9 Å². The molecular weight excluding hydrogens is 341 g/mol. The van der Waals surface area contributed by atoms with E-state index < -0.39 is 17.6 Å². The molecule has 0 radical (unpaired) electrons. The van der Waals surface area contributed by atoms with Gasteiger partial charge in [0.1, 0.15) is 5.69 Å². The number of aromatic nitrogens is 1. The molecule has 0 unspecified atom stereocenters. The highest BCUT2D eigenvalue weighted by Crippen LogP contribution is 2.35. The predicted molar refractivity (Wildman–Crippen MR) is 88.6 cm³/mol. The number of anilines is 2. The lowest BCUT2D eigenvalue weighted by atomic mass is 10.1. The first-order valence-corrected chi connectivity index (χ1v) is 7.94. The Morgan fingerprint density at radius 1 is 1.38 bits per heavy atom. The largest absolute Gasteiger partial charge is 0.416 e. The molecule has 2 aromatic rings. The van der Waals surface area contributed by atoms with E-state index in [0.29, 0.717) is 23.7 Å². The zero-order chi connectivity index (χ0) is 17.9. The minimum Gasteiger partial charge on any atom is -0.376 e. The summed E-state index contributed by atoms with van der Waals surface area (Å²) in [6.45, 7) is 0.410. The molecule has 0 aliphatic carbocycles. The van der Waals surface area contributed by atoms with Gasteiger partial charge >= 0.3 is 6.18 Å². The Bertz CT molecular complexity index is 728. The number of benzene rings is 1. The van der Waals surface area contributed by atoms with Gasteiger partial charge in [0.2, 0.25) is 0 Å². The average Bonchev–Trinajstić information content (AvgIpc) is 2.95. The van der Waals surface area contributed by atoms with Gasteiger partial charge in [-0.25, -0.2) is 4.98 Å². The summed E-state index contributed by atoms with van der Waals surface area (Å²) in [4.78, 5) is 18.0. The predicted octanol–water partition coefficient (Wildman–Crippen LogP) is 2.98. The molecule has 2 rings (SSSR count). The average molecular weight is 358 g/mol. The molecule has 0 bridgehead atoms. The van der Waals surface area contributed by atoms with Crippen molar-refractivity contribution in [3.63, 3.8) is 0 Å². The van der Waals surface area contributed by atoms with E-state index >= 15 is 0 Å². The fourth-order valence-electron chi connectivity index (χ4n) is 2.04. The first kappa shape index (κ1) is 18.2. The van der Waals surface area contributed by atoms with Gasteiger partial charge in [-0.3, -0.25) is 4.79 Å². The maximum Gasteiger partial charge on any atom is 0.416 e. The van der Waals surface area contributed by atoms with Gasteiger partial charge in [0.05, 0.1) is 21.9 Å². The molecule has 0 saturated heterocycles. The van der Waals surface area contributed by atoms with E-state index in [-0.39, 0.29) is 11.4 Å². The van der Waals surface area contributed by atoms with E-state index in [2.05, 4.69) is 10.3 Å². The van der Waals surface area contributed by atoms with Crippen LogP contribution in [0.5, 0.6) is 0 Å². The van der Waals surface area contributed by atoms with Crippen LogP contribution in [0.2, 0.25) is 0 Å². The highest BCUT2D eigenvalue weighted by Gasteiger charge is 2.31. The van der Waals surface area contributed by atoms with Gasteiger partial charge in [-0.1, -0.05) is 0 Å². The molecule has 0 saturated carbocycles. The van der Waals surface area contributed by atoms with Crippen LogP contribution in [0.4, 0.5) is 24.5 Å². The summed E-state index contributed by atoms with van der Waals surface area (Å²) in [5.41, 5.74) is 5.31. The van der Waals surface area contributed by atoms with Gasteiger partial charge in [0.25, 0.3) is 5.91 Å². The number of nitrogens with one attached hydrogen (secondary N) is 1. The van der Waals surface area contributed by atoms with E-state index in [1.807, 2.05) is 0 Å². The summed E-state index contributed by atoms with van der Waals surface area (Å²) >= 11 is 1.29. The number of thiazole rings is 1. The third-order valence-corrected chi connectivity index (χ3v) is 4.11. The van der Waals surface area contributed by atoms with Crippen molar-refractivity contribution in [1.82, 2.24) is 4.98 Å². The van der Waals surface area contributed by atoms with Crippen LogP contribution in [-0.4, -0.2) is 31.5 Å². The van der Waals surface area contributed by atoms with Crippen LogP contribution >= 0.6 is 11.3 Å². The maximum atomic E-state index is 12.9. The number of carbonyl (C=O) groups is 1. The number of alkyl halides is 3. The number of hydrogen-bond donors (Lipinski definition) is 2. The molecule has 1 aromatic heterocycles. The van der Waals surface area contributed by atoms with Gasteiger partial charge in [-0.2, -0.15) is 13.2 Å². The third-order valence-electron chi connectivity index (χ3n) is 3.20. The lowest BCUT2D eigenvalue weighted by Gasteiger charge is -2.19. The molecule has 0 spiro atoms. The summed E-state index contributed by atoms with van der Waals surface area (Å²) in [6.07, 6.45) is -3.94. The van der Waals surface area contributed by atoms with Crippen LogP contribution in [0.15, 0.2) is 23.6 Å². The smallest absolute Gasteiger partial charge is 0.376 e. The third kappa shape index (κ3) is 4.24. The number of halogens is 3. The first-order chi connectivity index (χ1) is 11.2. The minimum absolute atomic E-state index is 0.0770. The Hall–Kier alpha value is -2.13. The van der Waals surface area contributed by atoms with E-state index in [1.54, 1.807) is 24.4 Å². The zero-order valence-corrected chi connectivity index (χ0v) is 14.0. The lowest BCUT2D eigenvalue weighted by molar-refractivity contribution is -0.137. The van der Waals surface area contributed by atoms with Crippen molar-refractivity contribution in [2.45, 2.75) is 12.6 Å². The quantitative estimate of drug-likeness (QED) is 0.862. The normalized spacial score (nSPS) is 11.4. The molecule has 0 atom stereocenters. The summed E-state index contributed by atoms with van der Waals surface area (Å²) < 4.78 is 38.7. The monoisotopic (exact) mass is 358 g/mol. The second-order valence-electron chi connectivity index (χ2n) is 5.24. The number of nitrogens with two attached hydrogens (primary N) is 1. The summed E-state index contributed by atoms with van der Waals surface area (Å²) in [5, 5.41) is 4.78. The van der Waals surface area contributed by atoms with Crippen LogP contribution < -0.4 is 16.0 Å². The van der Waals surface area contributed by atoms with Crippen molar-refractivity contribution in [3.8, 4) is 0 Å². The van der Waals surface area contributed by atoms with Crippen molar-refractivity contribution < 1.29 is 18.0 Å². The van der Waals surface area contributed by atoms with Crippen LogP contribution in [0, 0.1) is 0 Å². The van der Waals surface area contributed by atoms with Crippen LogP contribution in [0.1, 0.15) is 21.1 Å². The van der Waals surface area contributed by atoms with Gasteiger partial charge in [0.15, 0.2) is 0 Å². The fraction of sp³-hybridized carbons (Fsp3) is 0.333. The van der Waals surface area contributed by atoms with Crippen LogP contribution in [-0.2, 0) is 12.6 Å². The maximum absolute atomic E-state index is 12.9. The number of rotatable bonds is 5. The lowest BCUT2D eigenvalue weighted by Crippen LogP contribution is -2.18. The highest BCUT2D eigenvalue weighted by molar-refractivity contribution is 7.09. The van der Waals surface area contributed by atoms with Gasteiger partial charge < -0.3 is 16.0 Å². The van der Waals surface area contributed by atoms with Crippen molar-refractivity contribution in [1.29, 1.82) is 0 Å². The van der Waals surface area contributed by atoms with Gasteiger partial charge in [-0.15, -0.1) is 11.3 Å². The van der Waals surface area contributed by atoms with Crippen molar-refractivity contribution in [2.24, 2.45) is 5.73 Å². The summed E-state index contributed by atoms with van der Waals surface area (Å²) in [7, 11) is 3.36. The van der Waals surface area contributed by atoms with Crippen LogP contribution in [0.3, 0.4) is 0 Å². The highest BCUT2D eigenvalue weighted by atomic mass is 32.1. The first-order valence-electron chi connectivity index (χ1n) is 7.06. The summed E-state index contributed by atoms with van der Waals surface area (Å²) in [5.74, 6) is -0.558. The molecule has 130 valence electrons. The van der Waals surface area contributed by atoms with E-state index in [4.69, 9.17) is 5.73 Å².